The van der Waals surface area contributed by atoms with E-state index in [0.29, 0.717) is 5.41 Å². The molecule has 16 heavy (non-hydrogen) atoms. The molecule has 0 bridgehead atoms. The van der Waals surface area contributed by atoms with Crippen LogP contribution in [0.2, 0.25) is 0 Å². The standard InChI is InChI=1S/C15H23N/c1-3-7-15(8-10-16-11-9-15)14-6-4-5-13(2)12-14/h3-6,14,16H,1,7-12H2,2H3/t14-/m0/s1. The predicted octanol–water partition coefficient (Wildman–Crippen LogP) is 3.45. The van der Waals surface area contributed by atoms with E-state index < -0.39 is 0 Å². The average molecular weight is 217 g/mol. The maximum atomic E-state index is 3.95. The number of piperidine rings is 1. The van der Waals surface area contributed by atoms with Crippen molar-refractivity contribution in [3.8, 4) is 0 Å². The maximum absolute atomic E-state index is 3.95. The zero-order valence-corrected chi connectivity index (χ0v) is 10.3. The Balaban J connectivity index is 2.15. The highest BCUT2D eigenvalue weighted by atomic mass is 14.9. The average Bonchev–Trinajstić information content (AvgIpc) is 2.31. The number of rotatable bonds is 3. The third kappa shape index (κ3) is 2.30. The van der Waals surface area contributed by atoms with Crippen LogP contribution in [0.3, 0.4) is 0 Å². The summed E-state index contributed by atoms with van der Waals surface area (Å²) in [5.74, 6) is 0.720. The van der Waals surface area contributed by atoms with Gasteiger partial charge in [0.05, 0.1) is 0 Å². The molecule has 0 amide bonds. The zero-order valence-electron chi connectivity index (χ0n) is 10.3. The lowest BCUT2D eigenvalue weighted by atomic mass is 9.64. The van der Waals surface area contributed by atoms with Gasteiger partial charge in [0.15, 0.2) is 0 Å². The Kier molecular flexibility index (Phi) is 3.65. The predicted molar refractivity (Wildman–Crippen MR) is 70.4 cm³/mol. The lowest BCUT2D eigenvalue weighted by molar-refractivity contribution is 0.136. The third-order valence-electron chi connectivity index (χ3n) is 4.20. The molecule has 1 aliphatic heterocycles. The molecule has 0 aromatic carbocycles. The molecule has 0 unspecified atom stereocenters. The van der Waals surface area contributed by atoms with Crippen LogP contribution in [0, 0.1) is 11.3 Å². The molecule has 88 valence electrons. The summed E-state index contributed by atoms with van der Waals surface area (Å²) < 4.78 is 0. The summed E-state index contributed by atoms with van der Waals surface area (Å²) in [4.78, 5) is 0. The lowest BCUT2D eigenvalue weighted by Gasteiger charge is -2.43. The fourth-order valence-corrected chi connectivity index (χ4v) is 3.20. The summed E-state index contributed by atoms with van der Waals surface area (Å²) in [5.41, 5.74) is 1.99. The van der Waals surface area contributed by atoms with Crippen molar-refractivity contribution in [1.29, 1.82) is 0 Å². The molecule has 0 aromatic rings. The van der Waals surface area contributed by atoms with Crippen LogP contribution in [-0.2, 0) is 0 Å². The molecular weight excluding hydrogens is 194 g/mol. The lowest BCUT2D eigenvalue weighted by Crippen LogP contribution is -2.41. The normalized spacial score (nSPS) is 28.6. The van der Waals surface area contributed by atoms with E-state index in [9.17, 15) is 0 Å². The molecule has 2 aliphatic rings. The first-order valence-electron chi connectivity index (χ1n) is 6.42. The minimum atomic E-state index is 0.471. The van der Waals surface area contributed by atoms with E-state index in [1.165, 1.54) is 37.9 Å². The number of hydrogen-bond acceptors (Lipinski definition) is 1. The van der Waals surface area contributed by atoms with Gasteiger partial charge in [-0.15, -0.1) is 6.58 Å². The smallest absolute Gasteiger partial charge is 0.00433 e. The van der Waals surface area contributed by atoms with E-state index in [0.717, 1.165) is 12.3 Å². The van der Waals surface area contributed by atoms with Gasteiger partial charge in [0.2, 0.25) is 0 Å². The molecule has 1 nitrogen and oxygen atoms in total. The maximum Gasteiger partial charge on any atom is -0.00433 e. The quantitative estimate of drug-likeness (QED) is 0.714. The second kappa shape index (κ2) is 5.01. The van der Waals surface area contributed by atoms with Gasteiger partial charge in [-0.3, -0.25) is 0 Å². The van der Waals surface area contributed by atoms with Crippen molar-refractivity contribution < 1.29 is 0 Å². The summed E-state index contributed by atoms with van der Waals surface area (Å²) in [7, 11) is 0. The third-order valence-corrected chi connectivity index (χ3v) is 4.20. The molecule has 1 heterocycles. The Hall–Kier alpha value is -0.820. The first-order chi connectivity index (χ1) is 7.77. The van der Waals surface area contributed by atoms with E-state index in [-0.39, 0.29) is 0 Å². The van der Waals surface area contributed by atoms with Gasteiger partial charge in [0.25, 0.3) is 0 Å². The van der Waals surface area contributed by atoms with Crippen molar-refractivity contribution >= 4 is 0 Å². The molecule has 1 aliphatic carbocycles. The Morgan fingerprint density at radius 1 is 1.50 bits per heavy atom. The molecule has 1 N–H and O–H groups in total. The molecule has 1 fully saturated rings. The van der Waals surface area contributed by atoms with Gasteiger partial charge in [-0.2, -0.15) is 0 Å². The van der Waals surface area contributed by atoms with Gasteiger partial charge in [0, 0.05) is 0 Å². The summed E-state index contributed by atoms with van der Waals surface area (Å²) in [5, 5.41) is 3.48. The molecular formula is C15H23N. The number of hydrogen-bond donors (Lipinski definition) is 1. The largest absolute Gasteiger partial charge is 0.317 e. The van der Waals surface area contributed by atoms with Crippen LogP contribution in [0.25, 0.3) is 0 Å². The Morgan fingerprint density at radius 3 is 2.88 bits per heavy atom. The van der Waals surface area contributed by atoms with Crippen LogP contribution in [0.15, 0.2) is 36.5 Å². The van der Waals surface area contributed by atoms with E-state index in [1.807, 2.05) is 0 Å². The van der Waals surface area contributed by atoms with E-state index in [2.05, 4.69) is 43.1 Å². The summed E-state index contributed by atoms with van der Waals surface area (Å²) in [6.45, 7) is 8.54. The van der Waals surface area contributed by atoms with Gasteiger partial charge in [-0.25, -0.2) is 0 Å². The first-order valence-corrected chi connectivity index (χ1v) is 6.42. The Labute approximate surface area is 99.3 Å². The van der Waals surface area contributed by atoms with Gasteiger partial charge < -0.3 is 5.32 Å². The topological polar surface area (TPSA) is 12.0 Å². The van der Waals surface area contributed by atoms with Crippen molar-refractivity contribution in [2.45, 2.75) is 32.6 Å². The zero-order chi connectivity index (χ0) is 11.4. The van der Waals surface area contributed by atoms with E-state index in [1.54, 1.807) is 0 Å². The molecule has 1 heteroatoms. The van der Waals surface area contributed by atoms with E-state index in [4.69, 9.17) is 0 Å². The Morgan fingerprint density at radius 2 is 2.25 bits per heavy atom. The highest BCUT2D eigenvalue weighted by molar-refractivity contribution is 5.21. The van der Waals surface area contributed by atoms with Gasteiger partial charge in [0.1, 0.15) is 0 Å². The number of allylic oxidation sites excluding steroid dienone is 5. The summed E-state index contributed by atoms with van der Waals surface area (Å²) in [6, 6.07) is 0. The van der Waals surface area contributed by atoms with Crippen molar-refractivity contribution in [1.82, 2.24) is 5.32 Å². The SMILES string of the molecule is C=CCC1([C@H]2C=CC=C(C)C2)CCNCC1. The molecule has 2 rings (SSSR count). The molecule has 0 saturated carbocycles. The van der Waals surface area contributed by atoms with Crippen molar-refractivity contribution in [3.63, 3.8) is 0 Å². The van der Waals surface area contributed by atoms with Gasteiger partial charge >= 0.3 is 0 Å². The van der Waals surface area contributed by atoms with Crippen LogP contribution in [0.5, 0.6) is 0 Å². The fraction of sp³-hybridized carbons (Fsp3) is 0.600. The van der Waals surface area contributed by atoms with Crippen LogP contribution >= 0.6 is 0 Å². The molecule has 0 radical (unpaired) electrons. The molecule has 1 atom stereocenters. The van der Waals surface area contributed by atoms with Gasteiger partial charge in [-0.1, -0.05) is 29.9 Å². The minimum absolute atomic E-state index is 0.471. The molecule has 0 spiro atoms. The molecule has 0 aromatic heterocycles. The highest BCUT2D eigenvalue weighted by Gasteiger charge is 2.37. The minimum Gasteiger partial charge on any atom is -0.317 e. The second-order valence-corrected chi connectivity index (χ2v) is 5.31. The summed E-state index contributed by atoms with van der Waals surface area (Å²) >= 11 is 0. The van der Waals surface area contributed by atoms with Crippen LogP contribution < -0.4 is 5.32 Å². The number of nitrogens with one attached hydrogen (secondary N) is 1. The summed E-state index contributed by atoms with van der Waals surface area (Å²) in [6.07, 6.45) is 14.0. The van der Waals surface area contributed by atoms with Crippen LogP contribution in [0.4, 0.5) is 0 Å². The molecule has 1 saturated heterocycles. The van der Waals surface area contributed by atoms with Gasteiger partial charge in [-0.05, 0) is 57.0 Å². The van der Waals surface area contributed by atoms with Crippen LogP contribution in [0.1, 0.15) is 32.6 Å². The monoisotopic (exact) mass is 217 g/mol. The second-order valence-electron chi connectivity index (χ2n) is 5.31. The van der Waals surface area contributed by atoms with Crippen LogP contribution in [-0.4, -0.2) is 13.1 Å². The van der Waals surface area contributed by atoms with Crippen molar-refractivity contribution in [3.05, 3.63) is 36.5 Å². The highest BCUT2D eigenvalue weighted by Crippen LogP contribution is 2.45. The first kappa shape index (κ1) is 11.7. The fourth-order valence-electron chi connectivity index (χ4n) is 3.20. The van der Waals surface area contributed by atoms with E-state index >= 15 is 0 Å². The van der Waals surface area contributed by atoms with Crippen molar-refractivity contribution in [2.24, 2.45) is 11.3 Å². The van der Waals surface area contributed by atoms with Crippen molar-refractivity contribution in [2.75, 3.05) is 13.1 Å². The Bertz CT molecular complexity index is 305.